The molecule has 12 rings (SSSR count). The van der Waals surface area contributed by atoms with Gasteiger partial charge < -0.3 is 8.83 Å². The smallest absolute Gasteiger partial charge is 0.143 e. The van der Waals surface area contributed by atoms with E-state index in [1.165, 1.54) is 44.5 Å². The van der Waals surface area contributed by atoms with Crippen LogP contribution in [0.2, 0.25) is 0 Å². The van der Waals surface area contributed by atoms with Gasteiger partial charge in [-0.15, -0.1) is 0 Å². The van der Waals surface area contributed by atoms with Crippen molar-refractivity contribution >= 4 is 43.9 Å². The Morgan fingerprint density at radius 2 is 0.643 bits per heavy atom. The lowest BCUT2D eigenvalue weighted by atomic mass is 9.80. The van der Waals surface area contributed by atoms with Crippen molar-refractivity contribution in [1.82, 2.24) is 0 Å². The van der Waals surface area contributed by atoms with Gasteiger partial charge in [0.1, 0.15) is 22.3 Å². The number of para-hydroxylation sites is 3. The van der Waals surface area contributed by atoms with E-state index in [4.69, 9.17) is 8.83 Å². The lowest BCUT2D eigenvalue weighted by molar-refractivity contribution is 0.669. The van der Waals surface area contributed by atoms with Crippen molar-refractivity contribution in [2.75, 3.05) is 0 Å². The first-order chi connectivity index (χ1) is 27.7. The van der Waals surface area contributed by atoms with E-state index in [-0.39, 0.29) is 0 Å². The molecule has 0 N–H and O–H groups in total. The van der Waals surface area contributed by atoms with Gasteiger partial charge in [0, 0.05) is 27.1 Å². The summed E-state index contributed by atoms with van der Waals surface area (Å²) in [6, 6.07) is 70.1. The number of fused-ring (bicyclic) bond motifs is 14. The second-order valence-corrected chi connectivity index (χ2v) is 14.8. The minimum Gasteiger partial charge on any atom is -0.456 e. The molecule has 0 atom stereocenters. The second kappa shape index (κ2) is 12.0. The van der Waals surface area contributed by atoms with Crippen LogP contribution in [0.1, 0.15) is 0 Å². The number of benzene rings is 9. The number of hydrogen-bond acceptors (Lipinski definition) is 2. The van der Waals surface area contributed by atoms with Crippen molar-refractivity contribution < 1.29 is 8.83 Å². The summed E-state index contributed by atoms with van der Waals surface area (Å²) < 4.78 is 12.9. The van der Waals surface area contributed by atoms with E-state index >= 15 is 0 Å². The molecular formula is C54H32O2. The normalized spacial score (nSPS) is 11.9. The van der Waals surface area contributed by atoms with Crippen LogP contribution >= 0.6 is 0 Å². The third kappa shape index (κ3) is 4.69. The predicted molar refractivity (Wildman–Crippen MR) is 233 cm³/mol. The molecular weight excluding hydrogens is 681 g/mol. The summed E-state index contributed by atoms with van der Waals surface area (Å²) in [4.78, 5) is 0. The maximum Gasteiger partial charge on any atom is 0.143 e. The average Bonchev–Trinajstić information content (AvgIpc) is 3.84. The molecule has 1 aliphatic carbocycles. The Hall–Kier alpha value is -7.42. The van der Waals surface area contributed by atoms with E-state index in [0.717, 1.165) is 77.3 Å². The molecule has 9 aromatic carbocycles. The summed E-state index contributed by atoms with van der Waals surface area (Å²) in [5.74, 6) is 0. The van der Waals surface area contributed by atoms with Gasteiger partial charge in [0.05, 0.1) is 0 Å². The molecule has 0 spiro atoms. The van der Waals surface area contributed by atoms with Gasteiger partial charge in [-0.3, -0.25) is 0 Å². The van der Waals surface area contributed by atoms with Gasteiger partial charge in [0.2, 0.25) is 0 Å². The number of furan rings is 2. The summed E-state index contributed by atoms with van der Waals surface area (Å²) in [5, 5.41) is 4.48. The maximum absolute atomic E-state index is 6.61. The Morgan fingerprint density at radius 3 is 1.29 bits per heavy atom. The lowest BCUT2D eigenvalue weighted by Crippen LogP contribution is -1.97. The van der Waals surface area contributed by atoms with Crippen molar-refractivity contribution in [2.24, 2.45) is 0 Å². The van der Waals surface area contributed by atoms with Crippen LogP contribution in [0.4, 0.5) is 0 Å². The molecule has 11 aromatic rings. The van der Waals surface area contributed by atoms with E-state index in [1.54, 1.807) is 0 Å². The highest BCUT2D eigenvalue weighted by molar-refractivity contribution is 6.11. The van der Waals surface area contributed by atoms with Crippen molar-refractivity contribution in [3.05, 3.63) is 194 Å². The van der Waals surface area contributed by atoms with Gasteiger partial charge in [-0.1, -0.05) is 146 Å². The topological polar surface area (TPSA) is 26.3 Å². The molecule has 2 aromatic heterocycles. The van der Waals surface area contributed by atoms with Crippen LogP contribution in [0, 0.1) is 0 Å². The Labute approximate surface area is 323 Å². The highest BCUT2D eigenvalue weighted by atomic mass is 16.3. The first kappa shape index (κ1) is 31.0. The monoisotopic (exact) mass is 712 g/mol. The molecule has 0 unspecified atom stereocenters. The molecule has 1 aliphatic rings. The van der Waals surface area contributed by atoms with Crippen LogP contribution in [0.5, 0.6) is 0 Å². The molecule has 0 radical (unpaired) electrons. The summed E-state index contributed by atoms with van der Waals surface area (Å²) >= 11 is 0. The summed E-state index contributed by atoms with van der Waals surface area (Å²) in [6.07, 6.45) is 0. The van der Waals surface area contributed by atoms with E-state index in [0.29, 0.717) is 0 Å². The van der Waals surface area contributed by atoms with Crippen molar-refractivity contribution in [1.29, 1.82) is 0 Å². The fraction of sp³-hybridized carbons (Fsp3) is 0. The zero-order valence-corrected chi connectivity index (χ0v) is 30.3. The third-order valence-electron chi connectivity index (χ3n) is 11.7. The summed E-state index contributed by atoms with van der Waals surface area (Å²) in [6.45, 7) is 0. The van der Waals surface area contributed by atoms with Gasteiger partial charge in [0.15, 0.2) is 0 Å². The van der Waals surface area contributed by atoms with Crippen LogP contribution in [0.25, 0.3) is 122 Å². The molecule has 2 heterocycles. The van der Waals surface area contributed by atoms with Gasteiger partial charge >= 0.3 is 0 Å². The molecule has 0 fully saturated rings. The lowest BCUT2D eigenvalue weighted by Gasteiger charge is -2.23. The van der Waals surface area contributed by atoms with Crippen molar-refractivity contribution in [3.8, 4) is 77.9 Å². The van der Waals surface area contributed by atoms with Crippen molar-refractivity contribution in [3.63, 3.8) is 0 Å². The van der Waals surface area contributed by atoms with Gasteiger partial charge in [0.25, 0.3) is 0 Å². The average molecular weight is 713 g/mol. The van der Waals surface area contributed by atoms with Gasteiger partial charge in [-0.25, -0.2) is 0 Å². The Kier molecular flexibility index (Phi) is 6.66. The molecule has 0 bridgehead atoms. The minimum atomic E-state index is 0.889. The molecule has 2 nitrogen and oxygen atoms in total. The number of rotatable bonds is 3. The van der Waals surface area contributed by atoms with Crippen LogP contribution in [-0.4, -0.2) is 0 Å². The molecule has 0 amide bonds. The van der Waals surface area contributed by atoms with E-state index in [1.807, 2.05) is 18.2 Å². The summed E-state index contributed by atoms with van der Waals surface area (Å²) in [5.41, 5.74) is 20.2. The largest absolute Gasteiger partial charge is 0.456 e. The Morgan fingerprint density at radius 1 is 0.214 bits per heavy atom. The van der Waals surface area contributed by atoms with Gasteiger partial charge in [-0.05, 0) is 121 Å². The molecule has 2 heteroatoms. The Bertz CT molecular complexity index is 3370. The van der Waals surface area contributed by atoms with E-state index < -0.39 is 0 Å². The van der Waals surface area contributed by atoms with E-state index in [2.05, 4.69) is 176 Å². The number of hydrogen-bond donors (Lipinski definition) is 0. The van der Waals surface area contributed by atoms with Crippen molar-refractivity contribution in [2.45, 2.75) is 0 Å². The SMILES string of the molecule is c1ccc2c(c1)-c1ccccc1-c1ccc(-c3cc(-c4ccc5oc6ccccc6c5c4)cc(-c4cccc5c4oc4ccccc45)c3)cc1-c1ccccc1-2. The highest BCUT2D eigenvalue weighted by Gasteiger charge is 2.23. The third-order valence-corrected chi connectivity index (χ3v) is 11.7. The highest BCUT2D eigenvalue weighted by Crippen LogP contribution is 2.49. The van der Waals surface area contributed by atoms with Crippen LogP contribution in [0.3, 0.4) is 0 Å². The maximum atomic E-state index is 6.61. The summed E-state index contributed by atoms with van der Waals surface area (Å²) in [7, 11) is 0. The quantitative estimate of drug-likeness (QED) is 0.182. The van der Waals surface area contributed by atoms with Crippen LogP contribution in [-0.2, 0) is 0 Å². The molecule has 56 heavy (non-hydrogen) atoms. The minimum absolute atomic E-state index is 0.889. The van der Waals surface area contributed by atoms with Gasteiger partial charge in [-0.2, -0.15) is 0 Å². The standard InChI is InChI=1S/C54H32O2/c1-2-13-40-39(12-1)41-14-3-4-16-43(41)45-26-24-33(31-49(45)44-17-6-5-15-42(40)44)35-28-36(34-25-27-53-50(32-34)47-19-8-9-22-51(47)55-53)30-37(29-35)38-20-11-21-48-46-18-7-10-23-52(46)56-54(38)48/h1-32H. The van der Waals surface area contributed by atoms with Crippen LogP contribution in [0.15, 0.2) is 203 Å². The molecule has 0 saturated carbocycles. The van der Waals surface area contributed by atoms with E-state index in [9.17, 15) is 0 Å². The molecule has 0 saturated heterocycles. The predicted octanol–water partition coefficient (Wildman–Crippen LogP) is 15.5. The fourth-order valence-electron chi connectivity index (χ4n) is 9.04. The second-order valence-electron chi connectivity index (χ2n) is 14.8. The zero-order valence-electron chi connectivity index (χ0n) is 30.3. The zero-order chi connectivity index (χ0) is 36.7. The molecule has 0 aliphatic heterocycles. The van der Waals surface area contributed by atoms with Crippen LogP contribution < -0.4 is 0 Å². The Balaban J connectivity index is 1.12. The fourth-order valence-corrected chi connectivity index (χ4v) is 9.04. The first-order valence-corrected chi connectivity index (χ1v) is 19.2. The first-order valence-electron chi connectivity index (χ1n) is 19.2. The molecule has 260 valence electrons.